The highest BCUT2D eigenvalue weighted by molar-refractivity contribution is 6.74. The molecular weight excluding hydrogens is 400 g/mol. The van der Waals surface area contributed by atoms with E-state index in [1.54, 1.807) is 0 Å². The monoisotopic (exact) mass is 430 g/mol. The van der Waals surface area contributed by atoms with E-state index in [9.17, 15) is 24.6 Å². The molecule has 29 heavy (non-hydrogen) atoms. The number of hydrogen-bond acceptors (Lipinski definition) is 7. The van der Waals surface area contributed by atoms with Crippen molar-refractivity contribution in [3.63, 3.8) is 0 Å². The van der Waals surface area contributed by atoms with Gasteiger partial charge in [0.15, 0.2) is 14.5 Å². The zero-order valence-electron chi connectivity index (χ0n) is 17.6. The number of hydrogen-bond donors (Lipinski definition) is 3. The van der Waals surface area contributed by atoms with Crippen LogP contribution in [-0.2, 0) is 20.5 Å². The van der Waals surface area contributed by atoms with Gasteiger partial charge in [0.2, 0.25) is 0 Å². The van der Waals surface area contributed by atoms with Crippen molar-refractivity contribution in [2.24, 2.45) is 0 Å². The highest BCUT2D eigenvalue weighted by Crippen LogP contribution is 2.37. The molecular formula is C18H30N2O8Si. The summed E-state index contributed by atoms with van der Waals surface area (Å²) in [7, 11) is -2.13. The predicted octanol–water partition coefficient (Wildman–Crippen LogP) is 0.0440. The van der Waals surface area contributed by atoms with Crippen LogP contribution in [0.25, 0.3) is 0 Å². The van der Waals surface area contributed by atoms with Crippen LogP contribution in [0.15, 0.2) is 15.8 Å². The zero-order valence-corrected chi connectivity index (χ0v) is 18.6. The third-order valence-corrected chi connectivity index (χ3v) is 10.2. The van der Waals surface area contributed by atoms with Crippen molar-refractivity contribution >= 4 is 14.3 Å². The minimum Gasteiger partial charge on any atom is -0.480 e. The van der Waals surface area contributed by atoms with Crippen LogP contribution in [0.1, 0.15) is 32.6 Å². The fourth-order valence-electron chi connectivity index (χ4n) is 2.82. The van der Waals surface area contributed by atoms with Crippen LogP contribution in [0.2, 0.25) is 18.1 Å². The SMILES string of the molecule is Cc1cn(C2O[C@H](CO[Si](C)(C)C(C)(C)C)[C@@H](O)[C@H]2O)c(=O)n(CC(=O)O)c1=O. The molecule has 1 aromatic rings. The van der Waals surface area contributed by atoms with Gasteiger partial charge in [0.25, 0.3) is 5.56 Å². The number of carboxylic acids is 1. The topological polar surface area (TPSA) is 140 Å². The Balaban J connectivity index is 2.31. The molecule has 3 N–H and O–H groups in total. The van der Waals surface area contributed by atoms with Crippen molar-refractivity contribution in [1.82, 2.24) is 9.13 Å². The summed E-state index contributed by atoms with van der Waals surface area (Å²) in [5.41, 5.74) is -1.57. The van der Waals surface area contributed by atoms with E-state index in [0.717, 1.165) is 4.57 Å². The van der Waals surface area contributed by atoms with Crippen molar-refractivity contribution in [1.29, 1.82) is 0 Å². The van der Waals surface area contributed by atoms with E-state index < -0.39 is 56.6 Å². The van der Waals surface area contributed by atoms with Crippen molar-refractivity contribution < 1.29 is 29.3 Å². The third kappa shape index (κ3) is 4.69. The molecule has 0 spiro atoms. The van der Waals surface area contributed by atoms with Gasteiger partial charge in [0.05, 0.1) is 6.61 Å². The maximum Gasteiger partial charge on any atom is 0.333 e. The van der Waals surface area contributed by atoms with E-state index in [-0.39, 0.29) is 17.2 Å². The Hall–Kier alpha value is -1.79. The van der Waals surface area contributed by atoms with Crippen LogP contribution >= 0.6 is 0 Å². The number of rotatable bonds is 6. The molecule has 164 valence electrons. The number of aryl methyl sites for hydroxylation is 1. The third-order valence-electron chi connectivity index (χ3n) is 5.69. The molecule has 0 amide bonds. The normalized spacial score (nSPS) is 25.4. The number of carbonyl (C=O) groups is 1. The van der Waals surface area contributed by atoms with Crippen LogP contribution in [0.3, 0.4) is 0 Å². The Morgan fingerprint density at radius 3 is 2.34 bits per heavy atom. The summed E-state index contributed by atoms with van der Waals surface area (Å²) in [5.74, 6) is -1.35. The van der Waals surface area contributed by atoms with Crippen LogP contribution in [-0.4, -0.2) is 63.7 Å². The molecule has 1 fully saturated rings. The summed E-state index contributed by atoms with van der Waals surface area (Å²) < 4.78 is 13.3. The molecule has 1 aromatic heterocycles. The van der Waals surface area contributed by atoms with Crippen LogP contribution in [0.4, 0.5) is 0 Å². The molecule has 10 nitrogen and oxygen atoms in total. The molecule has 11 heteroatoms. The number of aromatic nitrogens is 2. The molecule has 1 unspecified atom stereocenters. The summed E-state index contributed by atoms with van der Waals surface area (Å²) >= 11 is 0. The lowest BCUT2D eigenvalue weighted by molar-refractivity contribution is -0.137. The average Bonchev–Trinajstić information content (AvgIpc) is 2.87. The van der Waals surface area contributed by atoms with Crippen LogP contribution in [0.5, 0.6) is 0 Å². The molecule has 4 atom stereocenters. The van der Waals surface area contributed by atoms with Gasteiger partial charge in [-0.25, -0.2) is 9.36 Å². The molecule has 0 saturated carbocycles. The van der Waals surface area contributed by atoms with Gasteiger partial charge in [-0.1, -0.05) is 20.8 Å². The Bertz CT molecular complexity index is 885. The first-order valence-corrected chi connectivity index (χ1v) is 12.3. The van der Waals surface area contributed by atoms with Crippen LogP contribution in [0, 0.1) is 6.92 Å². The van der Waals surface area contributed by atoms with Crippen molar-refractivity contribution in [2.75, 3.05) is 6.61 Å². The lowest BCUT2D eigenvalue weighted by Crippen LogP contribution is -2.45. The predicted molar refractivity (Wildman–Crippen MR) is 106 cm³/mol. The second-order valence-electron chi connectivity index (χ2n) is 8.90. The quantitative estimate of drug-likeness (QED) is 0.538. The number of carboxylic acid groups (broad SMARTS) is 1. The van der Waals surface area contributed by atoms with Gasteiger partial charge in [0, 0.05) is 11.8 Å². The summed E-state index contributed by atoms with van der Waals surface area (Å²) in [6.45, 7) is 10.9. The Kier molecular flexibility index (Phi) is 6.60. The maximum atomic E-state index is 12.6. The van der Waals surface area contributed by atoms with Gasteiger partial charge in [-0.3, -0.25) is 14.2 Å². The van der Waals surface area contributed by atoms with Gasteiger partial charge in [-0.15, -0.1) is 0 Å². The lowest BCUT2D eigenvalue weighted by Gasteiger charge is -2.37. The zero-order chi connectivity index (χ0) is 22.3. The van der Waals surface area contributed by atoms with Crippen LogP contribution < -0.4 is 11.2 Å². The van der Waals surface area contributed by atoms with Crippen molar-refractivity contribution in [3.05, 3.63) is 32.6 Å². The number of ether oxygens (including phenoxy) is 1. The molecule has 0 radical (unpaired) electrons. The molecule has 0 aliphatic carbocycles. The minimum absolute atomic E-state index is 0.0354. The Morgan fingerprint density at radius 1 is 1.24 bits per heavy atom. The first kappa shape index (κ1) is 23.5. The first-order chi connectivity index (χ1) is 13.2. The van der Waals surface area contributed by atoms with Gasteiger partial charge in [0.1, 0.15) is 24.9 Å². The fourth-order valence-corrected chi connectivity index (χ4v) is 3.83. The number of aliphatic hydroxyl groups excluding tert-OH is 2. The van der Waals surface area contributed by atoms with Gasteiger partial charge < -0.3 is 24.5 Å². The number of aliphatic carboxylic acids is 1. The highest BCUT2D eigenvalue weighted by Gasteiger charge is 2.46. The second kappa shape index (κ2) is 8.15. The first-order valence-electron chi connectivity index (χ1n) is 9.37. The van der Waals surface area contributed by atoms with Gasteiger partial charge in [-0.2, -0.15) is 0 Å². The molecule has 2 heterocycles. The van der Waals surface area contributed by atoms with E-state index >= 15 is 0 Å². The number of aliphatic hydroxyl groups is 2. The summed E-state index contributed by atoms with van der Waals surface area (Å²) in [4.78, 5) is 35.8. The average molecular weight is 431 g/mol. The minimum atomic E-state index is -2.13. The standard InChI is InChI=1S/C18H30N2O8Si/c1-10-7-20(17(26)19(15(10)25)8-12(21)22)16-14(24)13(23)11(28-16)9-27-29(5,6)18(2,3)4/h7,11,13-14,16,23-24H,8-9H2,1-6H3,(H,21,22)/t11-,13-,14-,16?/m1/s1. The smallest absolute Gasteiger partial charge is 0.333 e. The van der Waals surface area contributed by atoms with E-state index in [0.29, 0.717) is 4.57 Å². The van der Waals surface area contributed by atoms with E-state index in [1.165, 1.54) is 13.1 Å². The molecule has 1 saturated heterocycles. The van der Waals surface area contributed by atoms with Gasteiger partial charge >= 0.3 is 11.7 Å². The van der Waals surface area contributed by atoms with E-state index in [2.05, 4.69) is 20.8 Å². The lowest BCUT2D eigenvalue weighted by atomic mass is 10.1. The maximum absolute atomic E-state index is 12.6. The fraction of sp³-hybridized carbons (Fsp3) is 0.722. The largest absolute Gasteiger partial charge is 0.480 e. The summed E-state index contributed by atoms with van der Waals surface area (Å²) in [6, 6.07) is 0. The summed E-state index contributed by atoms with van der Waals surface area (Å²) in [6.07, 6.45) is -3.71. The highest BCUT2D eigenvalue weighted by atomic mass is 28.4. The number of nitrogens with zero attached hydrogens (tertiary/aromatic N) is 2. The Labute approximate surface area is 169 Å². The second-order valence-corrected chi connectivity index (χ2v) is 13.7. The molecule has 0 aromatic carbocycles. The van der Waals surface area contributed by atoms with Crippen molar-refractivity contribution in [2.45, 2.75) is 76.9 Å². The molecule has 2 rings (SSSR count). The Morgan fingerprint density at radius 2 is 1.83 bits per heavy atom. The molecule has 1 aliphatic heterocycles. The molecule has 1 aliphatic rings. The van der Waals surface area contributed by atoms with E-state index in [1.807, 2.05) is 13.1 Å². The van der Waals surface area contributed by atoms with E-state index in [4.69, 9.17) is 14.3 Å². The van der Waals surface area contributed by atoms with Gasteiger partial charge in [-0.05, 0) is 25.1 Å². The molecule has 0 bridgehead atoms. The summed E-state index contributed by atoms with van der Waals surface area (Å²) in [5, 5.41) is 29.8. The van der Waals surface area contributed by atoms with Crippen molar-refractivity contribution in [3.8, 4) is 0 Å².